The summed E-state index contributed by atoms with van der Waals surface area (Å²) in [4.78, 5) is 0. The Kier molecular flexibility index (Phi) is 21.0. The Labute approximate surface area is 849 Å². The van der Waals surface area contributed by atoms with E-state index < -0.39 is 0 Å². The monoisotopic (exact) mass is 1870 g/mol. The summed E-state index contributed by atoms with van der Waals surface area (Å²) in [7, 11) is 0. The second-order valence-electron chi connectivity index (χ2n) is 38.3. The fourth-order valence-corrected chi connectivity index (χ4v) is 24.0. The molecule has 0 saturated heterocycles. The summed E-state index contributed by atoms with van der Waals surface area (Å²) < 4.78 is 20.2. The van der Waals surface area contributed by atoms with Crippen LogP contribution in [0.5, 0.6) is 0 Å². The van der Waals surface area contributed by atoms with E-state index in [2.05, 4.69) is 546 Å². The van der Waals surface area contributed by atoms with Crippen LogP contribution < -0.4 is 0 Å². The first-order chi connectivity index (χ1) is 73.0. The number of hydrogen-bond donors (Lipinski definition) is 0. The molecule has 0 fully saturated rings. The molecule has 3 nitrogen and oxygen atoms in total. The number of fused-ring (bicyclic) bond motifs is 18. The van der Waals surface area contributed by atoms with E-state index in [0.29, 0.717) is 0 Å². The van der Waals surface area contributed by atoms with E-state index in [1.165, 1.54) is 208 Å². The molecule has 0 aliphatic rings. The Bertz CT molecular complexity index is 10300. The summed E-state index contributed by atoms with van der Waals surface area (Å²) in [5.74, 6) is 0. The first-order valence-corrected chi connectivity index (χ1v) is 50.6. The van der Waals surface area contributed by atoms with E-state index in [4.69, 9.17) is 13.3 Å². The van der Waals surface area contributed by atoms with Gasteiger partial charge in [0.25, 0.3) is 0 Å². The first kappa shape index (κ1) is 85.6. The van der Waals surface area contributed by atoms with Crippen molar-refractivity contribution in [2.45, 2.75) is 0 Å². The van der Waals surface area contributed by atoms with Gasteiger partial charge < -0.3 is 13.3 Å². The number of para-hydroxylation sites is 3. The summed E-state index contributed by atoms with van der Waals surface area (Å²) >= 11 is 0. The molecule has 27 aromatic carbocycles. The minimum absolute atomic E-state index is 0.897. The molecule has 0 amide bonds. The Balaban J connectivity index is 0.000000107. The first-order valence-electron chi connectivity index (χ1n) is 50.6. The van der Waals surface area contributed by atoms with Crippen molar-refractivity contribution in [3.63, 3.8) is 0 Å². The lowest BCUT2D eigenvalue weighted by Gasteiger charge is -2.20. The Morgan fingerprint density at radius 2 is 0.354 bits per heavy atom. The molecule has 30 aromatic rings. The molecule has 147 heavy (non-hydrogen) atoms. The van der Waals surface area contributed by atoms with Gasteiger partial charge in [-0.3, -0.25) is 0 Å². The van der Waals surface area contributed by atoms with E-state index in [1.54, 1.807) is 0 Å². The molecular formula is C144H90O3. The summed E-state index contributed by atoms with van der Waals surface area (Å²) in [6, 6.07) is 197. The highest BCUT2D eigenvalue weighted by molar-refractivity contribution is 6.32. The predicted octanol–water partition coefficient (Wildman–Crippen LogP) is 41.1. The van der Waals surface area contributed by atoms with E-state index >= 15 is 0 Å². The van der Waals surface area contributed by atoms with Crippen molar-refractivity contribution in [1.82, 2.24) is 0 Å². The molecule has 30 rings (SSSR count). The molecule has 0 aliphatic heterocycles. The molecule has 0 atom stereocenters. The molecule has 3 heteroatoms. The Morgan fingerprint density at radius 3 is 0.803 bits per heavy atom. The molecule has 3 heterocycles. The normalized spacial score (nSPS) is 11.7. The van der Waals surface area contributed by atoms with Crippen LogP contribution >= 0.6 is 0 Å². The minimum Gasteiger partial charge on any atom is -0.456 e. The van der Waals surface area contributed by atoms with Crippen molar-refractivity contribution < 1.29 is 13.3 Å². The molecule has 0 unspecified atom stereocenters. The van der Waals surface area contributed by atoms with Crippen LogP contribution in [0.4, 0.5) is 0 Å². The highest BCUT2D eigenvalue weighted by Crippen LogP contribution is 2.56. The van der Waals surface area contributed by atoms with Crippen molar-refractivity contribution in [3.05, 3.63) is 546 Å². The van der Waals surface area contributed by atoms with Gasteiger partial charge in [0.1, 0.15) is 33.5 Å². The van der Waals surface area contributed by atoms with Crippen molar-refractivity contribution in [2.75, 3.05) is 0 Å². The number of rotatable bonds is 12. The van der Waals surface area contributed by atoms with E-state index in [1.807, 2.05) is 0 Å². The van der Waals surface area contributed by atoms with Gasteiger partial charge in [-0.1, -0.05) is 510 Å². The molecule has 684 valence electrons. The standard InChI is InChI=1S/3C48H30O/c1-2-15-32(16-3-1)34-26-13-29-43-47-42(28-14-30-44(47)49-48(34)43)46-40-24-10-8-22-38(40)45(39-23-9-11-25-41(39)46)37-21-7-6-20-36(37)35-27-12-18-31-17-4-5-19-33(31)35;1-2-15-31(16-3-1)35-20-6-7-21-37(35)46-38-22-8-10-24-40(38)47(41-25-11-9-23-39(41)46)43-29-33(36-27-14-18-32-17-4-5-19-34(32)36)30-45-48(43)42-26-12-13-28-44(42)49-45;1-2-15-31(16-3-1)34-20-6-7-21-36(34)45-37-22-8-10-24-39(37)46(40-25-11-9-23-38(40)45)43-30-29-41(35-27-14-18-32-17-4-5-19-33(32)35)48-47(43)42-26-12-13-28-44(42)49-48/h3*1-30H. The second-order valence-corrected chi connectivity index (χ2v) is 38.3. The fourth-order valence-electron chi connectivity index (χ4n) is 24.0. The topological polar surface area (TPSA) is 39.4 Å². The molecular weight excluding hydrogens is 1780 g/mol. The van der Waals surface area contributed by atoms with Gasteiger partial charge in [0.15, 0.2) is 0 Å². The van der Waals surface area contributed by atoms with Crippen molar-refractivity contribution in [2.24, 2.45) is 0 Å². The SMILES string of the molecule is c1ccc(-c2cccc3c2oc2cccc(-c4c5ccccc5c(-c5ccccc5-c5cccc6ccccc56)c5ccccc45)c23)cc1.c1ccc(-c2ccccc2-c2c3ccccc3c(-c3cc(-c4cccc5ccccc45)cc4oc5ccccc5c34)c3ccccc23)cc1.c1ccc(-c2ccccc2-c2c3ccccc3c(-c3ccc(-c4cccc5ccccc45)c4oc5ccccc5c34)c3ccccc23)cc1. The van der Waals surface area contributed by atoms with Crippen LogP contribution in [-0.4, -0.2) is 0 Å². The lowest BCUT2D eigenvalue weighted by atomic mass is 9.82. The minimum atomic E-state index is 0.897. The van der Waals surface area contributed by atoms with Crippen molar-refractivity contribution in [1.29, 1.82) is 0 Å². The van der Waals surface area contributed by atoms with Gasteiger partial charge in [-0.25, -0.2) is 0 Å². The summed E-state index contributed by atoms with van der Waals surface area (Å²) in [6.07, 6.45) is 0. The third-order valence-corrected chi connectivity index (χ3v) is 30.2. The Hall–Kier alpha value is -19.3. The van der Waals surface area contributed by atoms with Gasteiger partial charge >= 0.3 is 0 Å². The molecule has 3 aromatic heterocycles. The zero-order chi connectivity index (χ0) is 96.9. The van der Waals surface area contributed by atoms with Gasteiger partial charge in [0.2, 0.25) is 0 Å². The molecule has 0 spiro atoms. The maximum Gasteiger partial charge on any atom is 0.143 e. The number of hydrogen-bond acceptors (Lipinski definition) is 3. The van der Waals surface area contributed by atoms with Gasteiger partial charge in [-0.2, -0.15) is 0 Å². The summed E-state index contributed by atoms with van der Waals surface area (Å²) in [5, 5.41) is 29.0. The highest BCUT2D eigenvalue weighted by atomic mass is 16.3. The van der Waals surface area contributed by atoms with E-state index in [0.717, 1.165) is 88.1 Å². The van der Waals surface area contributed by atoms with Crippen LogP contribution in [0.15, 0.2) is 559 Å². The van der Waals surface area contributed by atoms with Crippen molar-refractivity contribution in [3.8, 4) is 134 Å². The van der Waals surface area contributed by atoms with Crippen LogP contribution in [0.25, 0.3) is 296 Å². The lowest BCUT2D eigenvalue weighted by molar-refractivity contribution is 0.669. The maximum absolute atomic E-state index is 6.83. The molecule has 0 aliphatic carbocycles. The molecule has 0 N–H and O–H groups in total. The van der Waals surface area contributed by atoms with Crippen LogP contribution in [0.1, 0.15) is 0 Å². The summed E-state index contributed by atoms with van der Waals surface area (Å²) in [5.41, 5.74) is 34.4. The van der Waals surface area contributed by atoms with Crippen LogP contribution in [-0.2, 0) is 0 Å². The average Bonchev–Trinajstić information content (AvgIpc) is 1.68. The van der Waals surface area contributed by atoms with Gasteiger partial charge in [0, 0.05) is 43.4 Å². The number of furan rings is 3. The van der Waals surface area contributed by atoms with Crippen LogP contribution in [0.3, 0.4) is 0 Å². The van der Waals surface area contributed by atoms with Crippen LogP contribution in [0, 0.1) is 0 Å². The smallest absolute Gasteiger partial charge is 0.143 e. The molecule has 0 radical (unpaired) electrons. The van der Waals surface area contributed by atoms with E-state index in [-0.39, 0.29) is 0 Å². The van der Waals surface area contributed by atoms with Crippen molar-refractivity contribution >= 4 is 163 Å². The molecule has 0 saturated carbocycles. The van der Waals surface area contributed by atoms with Gasteiger partial charge in [-0.05, 0) is 256 Å². The largest absolute Gasteiger partial charge is 0.456 e. The lowest BCUT2D eigenvalue weighted by Crippen LogP contribution is -1.93. The van der Waals surface area contributed by atoms with Gasteiger partial charge in [0.05, 0.1) is 0 Å². The Morgan fingerprint density at radius 1 is 0.102 bits per heavy atom. The van der Waals surface area contributed by atoms with Crippen LogP contribution in [0.2, 0.25) is 0 Å². The quantitative estimate of drug-likeness (QED) is 0.114. The fraction of sp³-hybridized carbons (Fsp3) is 0. The second kappa shape index (κ2) is 36.0. The third kappa shape index (κ3) is 14.4. The average molecular weight is 1870 g/mol. The predicted molar refractivity (Wildman–Crippen MR) is 624 cm³/mol. The zero-order valence-corrected chi connectivity index (χ0v) is 80.2. The molecule has 0 bridgehead atoms. The number of benzene rings is 27. The third-order valence-electron chi connectivity index (χ3n) is 30.2. The zero-order valence-electron chi connectivity index (χ0n) is 80.2. The van der Waals surface area contributed by atoms with Gasteiger partial charge in [-0.15, -0.1) is 0 Å². The maximum atomic E-state index is 6.83. The summed E-state index contributed by atoms with van der Waals surface area (Å²) in [6.45, 7) is 0. The van der Waals surface area contributed by atoms with E-state index in [9.17, 15) is 0 Å². The highest BCUT2D eigenvalue weighted by Gasteiger charge is 2.30.